The van der Waals surface area contributed by atoms with Crippen LogP contribution >= 0.6 is 0 Å². The third-order valence-electron chi connectivity index (χ3n) is 2.18. The molecule has 0 saturated carbocycles. The molecule has 72 valence electrons. The summed E-state index contributed by atoms with van der Waals surface area (Å²) in [6, 6.07) is 7.40. The minimum Gasteiger partial charge on any atom is -0.289 e. The van der Waals surface area contributed by atoms with E-state index in [0.717, 1.165) is 11.3 Å². The minimum absolute atomic E-state index is 0.290. The summed E-state index contributed by atoms with van der Waals surface area (Å²) >= 11 is 0. The number of nitrogens with two attached hydrogens (primary N) is 1. The number of amides is 2. The van der Waals surface area contributed by atoms with Gasteiger partial charge >= 0.3 is 6.03 Å². The maximum absolute atomic E-state index is 11.4. The molecule has 14 heavy (non-hydrogen) atoms. The van der Waals surface area contributed by atoms with Crippen molar-refractivity contribution in [2.24, 2.45) is 5.84 Å². The SMILES string of the molecule is NNC(=O)N1CC=Cc2ccccc21. The quantitative estimate of drug-likeness (QED) is 0.365. The highest BCUT2D eigenvalue weighted by Crippen LogP contribution is 2.24. The summed E-state index contributed by atoms with van der Waals surface area (Å²) in [5.74, 6) is 5.09. The number of hydrazine groups is 1. The highest BCUT2D eigenvalue weighted by atomic mass is 16.2. The fourth-order valence-corrected chi connectivity index (χ4v) is 1.53. The van der Waals surface area contributed by atoms with Gasteiger partial charge in [0, 0.05) is 6.54 Å². The molecule has 3 N–H and O–H groups in total. The van der Waals surface area contributed by atoms with Gasteiger partial charge < -0.3 is 0 Å². The fourth-order valence-electron chi connectivity index (χ4n) is 1.53. The van der Waals surface area contributed by atoms with Crippen molar-refractivity contribution in [3.8, 4) is 0 Å². The zero-order valence-electron chi connectivity index (χ0n) is 7.60. The second kappa shape index (κ2) is 3.51. The number of fused-ring (bicyclic) bond motifs is 1. The Morgan fingerprint density at radius 2 is 2.21 bits per heavy atom. The Kier molecular flexibility index (Phi) is 2.20. The van der Waals surface area contributed by atoms with Crippen LogP contribution in [-0.2, 0) is 0 Å². The number of carbonyl (C=O) groups is 1. The van der Waals surface area contributed by atoms with Crippen LogP contribution in [0, 0.1) is 0 Å². The van der Waals surface area contributed by atoms with Crippen molar-refractivity contribution in [1.29, 1.82) is 0 Å². The minimum atomic E-state index is -0.290. The van der Waals surface area contributed by atoms with E-state index in [1.165, 1.54) is 0 Å². The lowest BCUT2D eigenvalue weighted by atomic mass is 10.1. The Morgan fingerprint density at radius 3 is 3.00 bits per heavy atom. The van der Waals surface area contributed by atoms with Gasteiger partial charge in [0.25, 0.3) is 0 Å². The Bertz CT molecular complexity index is 387. The van der Waals surface area contributed by atoms with E-state index in [1.54, 1.807) is 4.90 Å². The van der Waals surface area contributed by atoms with Crippen LogP contribution in [0.1, 0.15) is 5.56 Å². The van der Waals surface area contributed by atoms with Crippen LogP contribution in [0.4, 0.5) is 10.5 Å². The van der Waals surface area contributed by atoms with Crippen molar-refractivity contribution in [2.75, 3.05) is 11.4 Å². The molecule has 0 spiro atoms. The standard InChI is InChI=1S/C10H11N3O/c11-12-10(14)13-7-3-5-8-4-1-2-6-9(8)13/h1-6H,7,11H2,(H,12,14). The van der Waals surface area contributed by atoms with Gasteiger partial charge in [0.1, 0.15) is 0 Å². The molecular weight excluding hydrogens is 178 g/mol. The number of benzene rings is 1. The Labute approximate surface area is 82.0 Å². The summed E-state index contributed by atoms with van der Waals surface area (Å²) in [5, 5.41) is 0. The summed E-state index contributed by atoms with van der Waals surface area (Å²) < 4.78 is 0. The van der Waals surface area contributed by atoms with Crippen molar-refractivity contribution in [3.05, 3.63) is 35.9 Å². The predicted molar refractivity (Wildman–Crippen MR) is 55.5 cm³/mol. The predicted octanol–water partition coefficient (Wildman–Crippen LogP) is 1.10. The summed E-state index contributed by atoms with van der Waals surface area (Å²) in [7, 11) is 0. The molecule has 0 bridgehead atoms. The monoisotopic (exact) mass is 189 g/mol. The van der Waals surface area contributed by atoms with Gasteiger partial charge in [-0.3, -0.25) is 10.3 Å². The van der Waals surface area contributed by atoms with Crippen LogP contribution in [0.3, 0.4) is 0 Å². The lowest BCUT2D eigenvalue weighted by Crippen LogP contribution is -2.44. The maximum Gasteiger partial charge on any atom is 0.336 e. The van der Waals surface area contributed by atoms with Gasteiger partial charge in [0.2, 0.25) is 0 Å². The first-order valence-electron chi connectivity index (χ1n) is 4.36. The number of carbonyl (C=O) groups excluding carboxylic acids is 1. The molecule has 0 unspecified atom stereocenters. The normalized spacial score (nSPS) is 13.6. The van der Waals surface area contributed by atoms with Gasteiger partial charge in [0.15, 0.2) is 0 Å². The van der Waals surface area contributed by atoms with E-state index < -0.39 is 0 Å². The van der Waals surface area contributed by atoms with Gasteiger partial charge in [-0.2, -0.15) is 0 Å². The van der Waals surface area contributed by atoms with Crippen molar-refractivity contribution in [1.82, 2.24) is 5.43 Å². The van der Waals surface area contributed by atoms with Crippen LogP contribution in [-0.4, -0.2) is 12.6 Å². The van der Waals surface area contributed by atoms with Crippen molar-refractivity contribution in [3.63, 3.8) is 0 Å². The average molecular weight is 189 g/mol. The first-order valence-corrected chi connectivity index (χ1v) is 4.36. The van der Waals surface area contributed by atoms with E-state index >= 15 is 0 Å². The third kappa shape index (κ3) is 1.36. The first kappa shape index (κ1) is 8.77. The Hall–Kier alpha value is -1.81. The molecule has 4 nitrogen and oxygen atoms in total. The number of rotatable bonds is 0. The molecular formula is C10H11N3O. The van der Waals surface area contributed by atoms with Crippen molar-refractivity contribution >= 4 is 17.8 Å². The van der Waals surface area contributed by atoms with Crippen LogP contribution in [0.25, 0.3) is 6.08 Å². The molecule has 4 heteroatoms. The number of hydrogen-bond acceptors (Lipinski definition) is 2. The number of para-hydroxylation sites is 1. The lowest BCUT2D eigenvalue weighted by molar-refractivity contribution is 0.247. The fraction of sp³-hybridized carbons (Fsp3) is 0.100. The number of hydrogen-bond donors (Lipinski definition) is 2. The Balaban J connectivity index is 2.40. The smallest absolute Gasteiger partial charge is 0.289 e. The van der Waals surface area contributed by atoms with E-state index in [2.05, 4.69) is 5.43 Å². The van der Waals surface area contributed by atoms with E-state index in [4.69, 9.17) is 5.84 Å². The van der Waals surface area contributed by atoms with Gasteiger partial charge in [-0.25, -0.2) is 10.6 Å². The number of urea groups is 1. The molecule has 1 aliphatic rings. The zero-order chi connectivity index (χ0) is 9.97. The topological polar surface area (TPSA) is 58.4 Å². The summed E-state index contributed by atoms with van der Waals surface area (Å²) in [6.07, 6.45) is 3.92. The van der Waals surface area contributed by atoms with E-state index in [-0.39, 0.29) is 6.03 Å². The van der Waals surface area contributed by atoms with Crippen LogP contribution < -0.4 is 16.2 Å². The molecule has 0 atom stereocenters. The molecule has 1 heterocycles. The largest absolute Gasteiger partial charge is 0.336 e. The third-order valence-corrected chi connectivity index (χ3v) is 2.18. The van der Waals surface area contributed by atoms with Crippen LogP contribution in [0.2, 0.25) is 0 Å². The molecule has 0 radical (unpaired) electrons. The van der Waals surface area contributed by atoms with Crippen LogP contribution in [0.5, 0.6) is 0 Å². The maximum atomic E-state index is 11.4. The molecule has 1 aliphatic heterocycles. The van der Waals surface area contributed by atoms with E-state index in [1.807, 2.05) is 36.4 Å². The summed E-state index contributed by atoms with van der Waals surface area (Å²) in [5.41, 5.74) is 4.05. The first-order chi connectivity index (χ1) is 6.83. The van der Waals surface area contributed by atoms with Crippen LogP contribution in [0.15, 0.2) is 30.3 Å². The van der Waals surface area contributed by atoms with Crippen molar-refractivity contribution < 1.29 is 4.79 Å². The summed E-state index contributed by atoms with van der Waals surface area (Å²) in [6.45, 7) is 0.556. The molecule has 2 rings (SSSR count). The molecule has 0 saturated heterocycles. The van der Waals surface area contributed by atoms with E-state index in [0.29, 0.717) is 6.54 Å². The number of anilines is 1. The van der Waals surface area contributed by atoms with Crippen molar-refractivity contribution in [2.45, 2.75) is 0 Å². The van der Waals surface area contributed by atoms with Gasteiger partial charge in [0.05, 0.1) is 5.69 Å². The van der Waals surface area contributed by atoms with Gasteiger partial charge in [-0.05, 0) is 11.6 Å². The Morgan fingerprint density at radius 1 is 1.43 bits per heavy atom. The highest BCUT2D eigenvalue weighted by Gasteiger charge is 2.17. The van der Waals surface area contributed by atoms with Gasteiger partial charge in [-0.15, -0.1) is 0 Å². The van der Waals surface area contributed by atoms with E-state index in [9.17, 15) is 4.79 Å². The molecule has 2 amide bonds. The molecule has 0 fully saturated rings. The molecule has 0 aliphatic carbocycles. The number of nitrogens with one attached hydrogen (secondary N) is 1. The lowest BCUT2D eigenvalue weighted by Gasteiger charge is -2.25. The molecule has 1 aromatic rings. The van der Waals surface area contributed by atoms with Gasteiger partial charge in [-0.1, -0.05) is 30.4 Å². The summed E-state index contributed by atoms with van der Waals surface area (Å²) in [4.78, 5) is 13.0. The molecule has 0 aromatic heterocycles. The second-order valence-electron chi connectivity index (χ2n) is 3.02. The zero-order valence-corrected chi connectivity index (χ0v) is 7.60. The number of nitrogens with zero attached hydrogens (tertiary/aromatic N) is 1. The molecule has 1 aromatic carbocycles. The highest BCUT2D eigenvalue weighted by molar-refractivity contribution is 5.95. The second-order valence-corrected chi connectivity index (χ2v) is 3.02. The average Bonchev–Trinajstić information content (AvgIpc) is 2.27.